The Balaban J connectivity index is 1.28. The molecular weight excluding hydrogens is 623 g/mol. The summed E-state index contributed by atoms with van der Waals surface area (Å²) in [5.74, 6) is -4.94. The third-order valence-electron chi connectivity index (χ3n) is 11.0. The second-order valence-corrected chi connectivity index (χ2v) is 14.2. The molecule has 14 nitrogen and oxygen atoms in total. The second-order valence-electron chi connectivity index (χ2n) is 14.2. The van der Waals surface area contributed by atoms with Gasteiger partial charge < -0.3 is 34.6 Å². The Bertz CT molecular complexity index is 1400. The van der Waals surface area contributed by atoms with Gasteiger partial charge in [-0.1, -0.05) is 24.6 Å². The van der Waals surface area contributed by atoms with Gasteiger partial charge in [0.25, 0.3) is 5.09 Å². The summed E-state index contributed by atoms with van der Waals surface area (Å²) in [7, 11) is 0. The third-order valence-corrected chi connectivity index (χ3v) is 11.0. The minimum absolute atomic E-state index is 0.0830. The number of Topliss-reactive ketones (excluding diaryl/α,β-unsaturated/α-hetero) is 1. The van der Waals surface area contributed by atoms with Gasteiger partial charge in [-0.05, 0) is 64.9 Å². The number of ketones is 2. The van der Waals surface area contributed by atoms with Crippen molar-refractivity contribution in [2.45, 2.75) is 108 Å². The molecule has 0 spiro atoms. The lowest BCUT2D eigenvalue weighted by Crippen LogP contribution is -2.69. The lowest BCUT2D eigenvalue weighted by atomic mass is 9.45. The van der Waals surface area contributed by atoms with Crippen LogP contribution in [0.25, 0.3) is 0 Å². The number of allylic oxidation sites excluding steroid dienone is 4. The van der Waals surface area contributed by atoms with E-state index < -0.39 is 93.8 Å². The highest BCUT2D eigenvalue weighted by Crippen LogP contribution is 2.71. The summed E-state index contributed by atoms with van der Waals surface area (Å²) in [5.41, 5.74) is 0.329. The van der Waals surface area contributed by atoms with Crippen LogP contribution in [0.5, 0.6) is 0 Å². The van der Waals surface area contributed by atoms with E-state index in [-0.39, 0.29) is 57.5 Å². The van der Waals surface area contributed by atoms with Gasteiger partial charge in [0, 0.05) is 23.2 Å². The summed E-state index contributed by atoms with van der Waals surface area (Å²) >= 11 is 0. The molecule has 47 heavy (non-hydrogen) atoms. The van der Waals surface area contributed by atoms with Crippen molar-refractivity contribution in [3.05, 3.63) is 33.9 Å². The van der Waals surface area contributed by atoms with Gasteiger partial charge in [-0.25, -0.2) is 4.39 Å². The molecule has 1 heterocycles. The average molecular weight is 667 g/mol. The van der Waals surface area contributed by atoms with Gasteiger partial charge in [-0.15, -0.1) is 10.1 Å². The van der Waals surface area contributed by atoms with Crippen LogP contribution in [0.2, 0.25) is 0 Å². The molecule has 9 atom stereocenters. The molecule has 15 heteroatoms. The molecule has 5 rings (SSSR count). The van der Waals surface area contributed by atoms with Crippen molar-refractivity contribution in [1.29, 1.82) is 0 Å². The predicted molar refractivity (Wildman–Crippen MR) is 158 cm³/mol. The standard InChI is InChI=1S/C32H43FN2O12/c1-28(2)46-25-14-21-20-8-7-18-13-19(36)9-10-29(18,3)31(20,33)23(37)16-30(21,4)32(25,47-28)24(38)17-44-26(39)15-22(34)27(40)43-11-5-6-12-45-35(41)42/h7,9-10,20-23,25,37H,5-6,8,11-17,34H2,1-4H3/t20-,21-,22?,23-,25+,29-,30-,31-,32+/m0/s1. The van der Waals surface area contributed by atoms with E-state index in [0.29, 0.717) is 5.57 Å². The summed E-state index contributed by atoms with van der Waals surface area (Å²) < 4.78 is 40.5. The number of fused-ring (bicyclic) bond motifs is 7. The lowest BCUT2D eigenvalue weighted by Gasteiger charge is -2.62. The van der Waals surface area contributed by atoms with Gasteiger partial charge in [0.2, 0.25) is 5.78 Å². The van der Waals surface area contributed by atoms with Crippen LogP contribution in [0.15, 0.2) is 23.8 Å². The number of carbonyl (C=O) groups excluding carboxylic acids is 4. The first-order chi connectivity index (χ1) is 21.9. The molecule has 0 amide bonds. The third kappa shape index (κ3) is 5.68. The first-order valence-electron chi connectivity index (χ1n) is 16.0. The summed E-state index contributed by atoms with van der Waals surface area (Å²) in [5, 5.41) is 20.9. The number of nitrogens with zero attached hydrogens (tertiary/aromatic N) is 1. The highest BCUT2D eigenvalue weighted by atomic mass is 19.1. The van der Waals surface area contributed by atoms with E-state index in [1.54, 1.807) is 33.8 Å². The van der Waals surface area contributed by atoms with Crippen molar-refractivity contribution in [1.82, 2.24) is 0 Å². The smallest absolute Gasteiger partial charge is 0.323 e. The first-order valence-corrected chi connectivity index (χ1v) is 16.0. The van der Waals surface area contributed by atoms with Crippen LogP contribution in [0.4, 0.5) is 4.39 Å². The van der Waals surface area contributed by atoms with Crippen LogP contribution in [-0.4, -0.2) is 88.8 Å². The maximum absolute atomic E-state index is 17.6. The number of hydrogen-bond acceptors (Lipinski definition) is 13. The number of halogens is 1. The number of carbonyl (C=O) groups is 4. The average Bonchev–Trinajstić information content (AvgIpc) is 3.39. The molecule has 1 aliphatic heterocycles. The molecular formula is C32H43FN2O12. The van der Waals surface area contributed by atoms with Crippen molar-refractivity contribution < 1.29 is 57.5 Å². The highest BCUT2D eigenvalue weighted by molar-refractivity contribution is 5.94. The van der Waals surface area contributed by atoms with E-state index >= 15 is 4.39 Å². The molecule has 0 bridgehead atoms. The number of hydrogen-bond donors (Lipinski definition) is 2. The van der Waals surface area contributed by atoms with Crippen molar-refractivity contribution in [2.24, 2.45) is 28.4 Å². The number of unbranched alkanes of at least 4 members (excludes halogenated alkanes) is 1. The number of esters is 2. The quantitative estimate of drug-likeness (QED) is 0.101. The number of alkyl halides is 1. The van der Waals surface area contributed by atoms with E-state index in [1.807, 2.05) is 6.08 Å². The van der Waals surface area contributed by atoms with Crippen molar-refractivity contribution >= 4 is 23.5 Å². The van der Waals surface area contributed by atoms with Crippen molar-refractivity contribution in [3.63, 3.8) is 0 Å². The molecule has 0 radical (unpaired) electrons. The van der Waals surface area contributed by atoms with Gasteiger partial charge in [-0.3, -0.25) is 19.2 Å². The monoisotopic (exact) mass is 666 g/mol. The molecule has 4 aliphatic carbocycles. The van der Waals surface area contributed by atoms with E-state index in [1.165, 1.54) is 6.08 Å². The van der Waals surface area contributed by atoms with Gasteiger partial charge in [0.05, 0.1) is 31.8 Å². The highest BCUT2D eigenvalue weighted by Gasteiger charge is 2.80. The molecule has 1 saturated heterocycles. The fraction of sp³-hybridized carbons (Fsp3) is 0.750. The molecule has 3 fully saturated rings. The van der Waals surface area contributed by atoms with Crippen LogP contribution >= 0.6 is 0 Å². The van der Waals surface area contributed by atoms with E-state index in [2.05, 4.69) is 4.84 Å². The number of aliphatic hydroxyl groups is 1. The normalized spacial score (nSPS) is 38.6. The van der Waals surface area contributed by atoms with Gasteiger partial charge in [0.1, 0.15) is 6.04 Å². The van der Waals surface area contributed by atoms with Crippen LogP contribution in [-0.2, 0) is 43.0 Å². The van der Waals surface area contributed by atoms with Crippen LogP contribution < -0.4 is 5.73 Å². The van der Waals surface area contributed by atoms with Crippen LogP contribution in [0, 0.1) is 32.8 Å². The van der Waals surface area contributed by atoms with Gasteiger partial charge >= 0.3 is 11.9 Å². The fourth-order valence-electron chi connectivity index (χ4n) is 8.91. The molecule has 260 valence electrons. The minimum atomic E-state index is -2.11. The number of aliphatic hydroxyl groups excluding tert-OH is 1. The van der Waals surface area contributed by atoms with E-state index in [4.69, 9.17) is 24.7 Å². The molecule has 3 N–H and O–H groups in total. The molecule has 5 aliphatic rings. The Morgan fingerprint density at radius 1 is 1.17 bits per heavy atom. The zero-order chi connectivity index (χ0) is 34.6. The first kappa shape index (κ1) is 35.0. The SMILES string of the molecule is CC1(C)O[C@@H]2C[C@H]3[C@@H]4CC=C5CC(=O)C=C[C@]5(C)[C@@]4(F)[C@@H](O)C[C@]3(C)[C@]2(C(=O)COC(=O)CC(N)C(=O)OCCCCO[N+](=O)[O-])O1. The number of rotatable bonds is 12. The summed E-state index contributed by atoms with van der Waals surface area (Å²) in [6.45, 7) is 5.84. The zero-order valence-electron chi connectivity index (χ0n) is 27.0. The molecule has 2 saturated carbocycles. The summed E-state index contributed by atoms with van der Waals surface area (Å²) in [6.07, 6.45) is 2.92. The van der Waals surface area contributed by atoms with Crippen molar-refractivity contribution in [3.8, 4) is 0 Å². The Morgan fingerprint density at radius 3 is 2.57 bits per heavy atom. The maximum atomic E-state index is 17.6. The zero-order valence-corrected chi connectivity index (χ0v) is 27.0. The summed E-state index contributed by atoms with van der Waals surface area (Å²) in [4.78, 5) is 65.6. The Hall–Kier alpha value is -3.27. The largest absolute Gasteiger partial charge is 0.465 e. The predicted octanol–water partition coefficient (Wildman–Crippen LogP) is 2.22. The molecule has 0 aromatic rings. The minimum Gasteiger partial charge on any atom is -0.465 e. The van der Waals surface area contributed by atoms with Gasteiger partial charge in [-0.2, -0.15) is 0 Å². The molecule has 0 aromatic carbocycles. The number of ether oxygens (including phenoxy) is 4. The topological polar surface area (TPSA) is 204 Å². The van der Waals surface area contributed by atoms with E-state index in [0.717, 1.165) is 0 Å². The van der Waals surface area contributed by atoms with Crippen LogP contribution in [0.1, 0.15) is 72.6 Å². The van der Waals surface area contributed by atoms with Crippen molar-refractivity contribution in [2.75, 3.05) is 19.8 Å². The second kappa shape index (κ2) is 12.3. The molecule has 1 unspecified atom stereocenters. The maximum Gasteiger partial charge on any atom is 0.323 e. The number of nitrogens with two attached hydrogens (primary N) is 1. The molecule has 0 aromatic heterocycles. The summed E-state index contributed by atoms with van der Waals surface area (Å²) in [6, 6.07) is -1.38. The van der Waals surface area contributed by atoms with E-state index in [9.17, 15) is 34.4 Å². The Morgan fingerprint density at radius 2 is 1.87 bits per heavy atom. The fourth-order valence-corrected chi connectivity index (χ4v) is 8.91. The lowest BCUT2D eigenvalue weighted by molar-refractivity contribution is -0.757. The Labute approximate surface area is 271 Å². The van der Waals surface area contributed by atoms with Crippen LogP contribution in [0.3, 0.4) is 0 Å². The Kier molecular flexibility index (Phi) is 9.18. The van der Waals surface area contributed by atoms with Gasteiger partial charge in [0.15, 0.2) is 29.4 Å².